The molecular formula is C18H27NO. The SMILES string of the molecule is C[C@@H](NC1CCCc2ccc(O)cc21)C1CCCCC1. The van der Waals surface area contributed by atoms with E-state index in [0.717, 1.165) is 12.3 Å². The van der Waals surface area contributed by atoms with Crippen LogP contribution in [0.3, 0.4) is 0 Å². The highest BCUT2D eigenvalue weighted by Crippen LogP contribution is 2.34. The summed E-state index contributed by atoms with van der Waals surface area (Å²) in [6.45, 7) is 2.35. The van der Waals surface area contributed by atoms with Gasteiger partial charge in [-0.1, -0.05) is 25.3 Å². The zero-order valence-electron chi connectivity index (χ0n) is 12.6. The van der Waals surface area contributed by atoms with E-state index in [4.69, 9.17) is 0 Å². The number of benzene rings is 1. The number of aryl methyl sites for hydroxylation is 1. The number of hydrogen-bond acceptors (Lipinski definition) is 2. The molecule has 2 atom stereocenters. The lowest BCUT2D eigenvalue weighted by Gasteiger charge is -2.34. The standard InChI is InChI=1S/C18H27NO/c1-13(14-6-3-2-4-7-14)19-18-9-5-8-15-10-11-16(20)12-17(15)18/h10-14,18-20H,2-9H2,1H3/t13-,18?/m1/s1. The van der Waals surface area contributed by atoms with Gasteiger partial charge in [0, 0.05) is 12.1 Å². The van der Waals surface area contributed by atoms with Crippen molar-refractivity contribution in [3.05, 3.63) is 29.3 Å². The van der Waals surface area contributed by atoms with Crippen molar-refractivity contribution in [3.8, 4) is 5.75 Å². The lowest BCUT2D eigenvalue weighted by Crippen LogP contribution is -2.38. The van der Waals surface area contributed by atoms with E-state index < -0.39 is 0 Å². The van der Waals surface area contributed by atoms with Crippen molar-refractivity contribution in [3.63, 3.8) is 0 Å². The summed E-state index contributed by atoms with van der Waals surface area (Å²) in [6.07, 6.45) is 10.6. The van der Waals surface area contributed by atoms with Crippen LogP contribution >= 0.6 is 0 Å². The number of aromatic hydroxyl groups is 1. The van der Waals surface area contributed by atoms with Gasteiger partial charge < -0.3 is 10.4 Å². The first-order chi connectivity index (χ1) is 9.74. The molecule has 20 heavy (non-hydrogen) atoms. The van der Waals surface area contributed by atoms with Gasteiger partial charge in [-0.3, -0.25) is 0 Å². The highest BCUT2D eigenvalue weighted by atomic mass is 16.3. The molecule has 1 unspecified atom stereocenters. The molecule has 0 bridgehead atoms. The van der Waals surface area contributed by atoms with Gasteiger partial charge in [-0.25, -0.2) is 0 Å². The highest BCUT2D eigenvalue weighted by molar-refractivity contribution is 5.38. The van der Waals surface area contributed by atoms with E-state index in [0.29, 0.717) is 17.8 Å². The molecule has 0 saturated heterocycles. The minimum atomic E-state index is 0.405. The predicted octanol–water partition coefficient (Wildman–Crippen LogP) is 4.33. The lowest BCUT2D eigenvalue weighted by molar-refractivity contribution is 0.256. The maximum atomic E-state index is 9.76. The van der Waals surface area contributed by atoms with Crippen LogP contribution in [-0.4, -0.2) is 11.1 Å². The minimum Gasteiger partial charge on any atom is -0.508 e. The van der Waals surface area contributed by atoms with Gasteiger partial charge in [-0.2, -0.15) is 0 Å². The first-order valence-corrected chi connectivity index (χ1v) is 8.32. The summed E-state index contributed by atoms with van der Waals surface area (Å²) < 4.78 is 0. The van der Waals surface area contributed by atoms with Gasteiger partial charge in [0.05, 0.1) is 0 Å². The summed E-state index contributed by atoms with van der Waals surface area (Å²) in [4.78, 5) is 0. The van der Waals surface area contributed by atoms with E-state index in [1.54, 1.807) is 0 Å². The molecule has 1 aromatic rings. The molecule has 0 aliphatic heterocycles. The normalized spacial score (nSPS) is 25.1. The molecule has 0 radical (unpaired) electrons. The van der Waals surface area contributed by atoms with E-state index in [1.165, 1.54) is 56.1 Å². The second kappa shape index (κ2) is 6.17. The number of phenolic OH excluding ortho intramolecular Hbond substituents is 1. The van der Waals surface area contributed by atoms with Gasteiger partial charge in [0.1, 0.15) is 5.75 Å². The van der Waals surface area contributed by atoms with Crippen molar-refractivity contribution in [1.29, 1.82) is 0 Å². The first kappa shape index (κ1) is 13.9. The summed E-state index contributed by atoms with van der Waals surface area (Å²) in [6, 6.07) is 6.92. The third-order valence-electron chi connectivity index (χ3n) is 5.26. The largest absolute Gasteiger partial charge is 0.508 e. The molecule has 2 aliphatic rings. The Hall–Kier alpha value is -1.02. The summed E-state index contributed by atoms with van der Waals surface area (Å²) in [5.74, 6) is 1.24. The van der Waals surface area contributed by atoms with Crippen molar-refractivity contribution >= 4 is 0 Å². The van der Waals surface area contributed by atoms with Gasteiger partial charge >= 0.3 is 0 Å². The van der Waals surface area contributed by atoms with Crippen molar-refractivity contribution < 1.29 is 5.11 Å². The van der Waals surface area contributed by atoms with Crippen molar-refractivity contribution in [2.45, 2.75) is 70.4 Å². The molecule has 2 N–H and O–H groups in total. The average molecular weight is 273 g/mol. The fourth-order valence-electron chi connectivity index (χ4n) is 4.05. The summed E-state index contributed by atoms with van der Waals surface area (Å²) >= 11 is 0. The van der Waals surface area contributed by atoms with E-state index in [-0.39, 0.29) is 0 Å². The topological polar surface area (TPSA) is 32.3 Å². The molecule has 1 fully saturated rings. The number of fused-ring (bicyclic) bond motifs is 1. The zero-order chi connectivity index (χ0) is 13.9. The molecule has 0 heterocycles. The number of phenols is 1. The maximum absolute atomic E-state index is 9.76. The van der Waals surface area contributed by atoms with Gasteiger partial charge in [-0.15, -0.1) is 0 Å². The fraction of sp³-hybridized carbons (Fsp3) is 0.667. The maximum Gasteiger partial charge on any atom is 0.115 e. The summed E-state index contributed by atoms with van der Waals surface area (Å²) in [5.41, 5.74) is 2.75. The minimum absolute atomic E-state index is 0.405. The van der Waals surface area contributed by atoms with Crippen LogP contribution in [0.4, 0.5) is 0 Å². The van der Waals surface area contributed by atoms with Crippen LogP contribution in [0.2, 0.25) is 0 Å². The molecule has 0 spiro atoms. The Morgan fingerprint density at radius 3 is 2.70 bits per heavy atom. The zero-order valence-corrected chi connectivity index (χ0v) is 12.6. The van der Waals surface area contributed by atoms with E-state index in [2.05, 4.69) is 18.3 Å². The van der Waals surface area contributed by atoms with Crippen molar-refractivity contribution in [2.75, 3.05) is 0 Å². The smallest absolute Gasteiger partial charge is 0.115 e. The number of rotatable bonds is 3. The van der Waals surface area contributed by atoms with Crippen LogP contribution in [0.5, 0.6) is 5.75 Å². The van der Waals surface area contributed by atoms with Gasteiger partial charge in [0.15, 0.2) is 0 Å². The van der Waals surface area contributed by atoms with Crippen LogP contribution in [0, 0.1) is 5.92 Å². The molecule has 2 heteroatoms. The average Bonchev–Trinajstić information content (AvgIpc) is 2.49. The summed E-state index contributed by atoms with van der Waals surface area (Å²) in [7, 11) is 0. The Kier molecular flexibility index (Phi) is 4.30. The lowest BCUT2D eigenvalue weighted by atomic mass is 9.82. The van der Waals surface area contributed by atoms with Gasteiger partial charge in [0.2, 0.25) is 0 Å². The monoisotopic (exact) mass is 273 g/mol. The third kappa shape index (κ3) is 3.01. The Labute approximate surface area is 122 Å². The second-order valence-corrected chi connectivity index (χ2v) is 6.68. The van der Waals surface area contributed by atoms with E-state index >= 15 is 0 Å². The van der Waals surface area contributed by atoms with E-state index in [1.807, 2.05) is 12.1 Å². The quantitative estimate of drug-likeness (QED) is 0.859. The Morgan fingerprint density at radius 1 is 1.10 bits per heavy atom. The van der Waals surface area contributed by atoms with E-state index in [9.17, 15) is 5.11 Å². The first-order valence-electron chi connectivity index (χ1n) is 8.32. The molecule has 0 amide bonds. The number of nitrogens with one attached hydrogen (secondary N) is 1. The van der Waals surface area contributed by atoms with Crippen LogP contribution in [0.1, 0.15) is 69.0 Å². The van der Waals surface area contributed by atoms with Crippen LogP contribution in [-0.2, 0) is 6.42 Å². The molecule has 3 rings (SSSR count). The highest BCUT2D eigenvalue weighted by Gasteiger charge is 2.26. The van der Waals surface area contributed by atoms with Crippen LogP contribution < -0.4 is 5.32 Å². The Morgan fingerprint density at radius 2 is 1.90 bits per heavy atom. The molecule has 1 aromatic carbocycles. The molecule has 110 valence electrons. The molecule has 0 aromatic heterocycles. The number of hydrogen-bond donors (Lipinski definition) is 2. The summed E-state index contributed by atoms with van der Waals surface area (Å²) in [5, 5.41) is 13.6. The predicted molar refractivity (Wildman–Crippen MR) is 83.0 cm³/mol. The second-order valence-electron chi connectivity index (χ2n) is 6.68. The molecule has 1 saturated carbocycles. The van der Waals surface area contributed by atoms with Crippen molar-refractivity contribution in [1.82, 2.24) is 5.32 Å². The molecular weight excluding hydrogens is 246 g/mol. The van der Waals surface area contributed by atoms with Crippen LogP contribution in [0.25, 0.3) is 0 Å². The molecule has 2 nitrogen and oxygen atoms in total. The van der Waals surface area contributed by atoms with Crippen molar-refractivity contribution in [2.24, 2.45) is 5.92 Å². The van der Waals surface area contributed by atoms with Crippen LogP contribution in [0.15, 0.2) is 18.2 Å². The molecule has 2 aliphatic carbocycles. The Balaban J connectivity index is 1.70. The van der Waals surface area contributed by atoms with Gasteiger partial charge in [-0.05, 0) is 68.2 Å². The van der Waals surface area contributed by atoms with Gasteiger partial charge in [0.25, 0.3) is 0 Å². The third-order valence-corrected chi connectivity index (χ3v) is 5.26. The Bertz CT molecular complexity index is 451. The fourth-order valence-corrected chi connectivity index (χ4v) is 4.05.